The monoisotopic (exact) mass is 319 g/mol. The van der Waals surface area contributed by atoms with Gasteiger partial charge in [-0.15, -0.1) is 0 Å². The Bertz CT molecular complexity index is 442. The zero-order chi connectivity index (χ0) is 17.7. The first kappa shape index (κ1) is 20.0. The van der Waals surface area contributed by atoms with E-state index in [-0.39, 0.29) is 11.0 Å². The van der Waals surface area contributed by atoms with Crippen LogP contribution in [0.2, 0.25) is 0 Å². The van der Waals surface area contributed by atoms with Crippen LogP contribution in [0.25, 0.3) is 0 Å². The van der Waals surface area contributed by atoms with Crippen molar-refractivity contribution in [3.63, 3.8) is 0 Å². The molecule has 0 aromatic heterocycles. The van der Waals surface area contributed by atoms with Gasteiger partial charge in [-0.25, -0.2) is 0 Å². The van der Waals surface area contributed by atoms with Gasteiger partial charge in [0.2, 0.25) is 0 Å². The third-order valence-corrected chi connectivity index (χ3v) is 2.77. The summed E-state index contributed by atoms with van der Waals surface area (Å²) in [6.07, 6.45) is -1.88. The molecule has 0 bridgehead atoms. The number of ether oxygens (including phenoxy) is 1. The quantitative estimate of drug-likeness (QED) is 0.270. The van der Waals surface area contributed by atoms with Crippen molar-refractivity contribution in [1.29, 1.82) is 0 Å². The highest BCUT2D eigenvalue weighted by Crippen LogP contribution is 2.15. The maximum atomic E-state index is 11.8. The maximum absolute atomic E-state index is 11.8. The van der Waals surface area contributed by atoms with Gasteiger partial charge in [-0.1, -0.05) is 0 Å². The fourth-order valence-corrected chi connectivity index (χ4v) is 1.85. The average Bonchev–Trinajstić information content (AvgIpc) is 2.23. The molecule has 0 amide bonds. The van der Waals surface area contributed by atoms with Crippen molar-refractivity contribution in [2.75, 3.05) is 27.7 Å². The first-order valence-corrected chi connectivity index (χ1v) is 6.56. The highest BCUT2D eigenvalue weighted by Gasteiger charge is 2.39. The number of hydrogen-bond donors (Lipinski definition) is 3. The Morgan fingerprint density at radius 1 is 1.14 bits per heavy atom. The van der Waals surface area contributed by atoms with Crippen molar-refractivity contribution in [2.45, 2.75) is 25.5 Å². The van der Waals surface area contributed by atoms with E-state index >= 15 is 0 Å². The van der Waals surface area contributed by atoms with Crippen LogP contribution in [0.3, 0.4) is 0 Å². The lowest BCUT2D eigenvalue weighted by atomic mass is 9.97. The summed E-state index contributed by atoms with van der Waals surface area (Å²) in [5.41, 5.74) is 5.39. The van der Waals surface area contributed by atoms with Gasteiger partial charge in [-0.2, -0.15) is 0 Å². The van der Waals surface area contributed by atoms with Crippen molar-refractivity contribution in [3.05, 3.63) is 0 Å². The molecule has 126 valence electrons. The zero-order valence-electron chi connectivity index (χ0n) is 13.1. The lowest BCUT2D eigenvalue weighted by molar-refractivity contribution is -0.873. The number of aliphatic carboxylic acids is 2. The molecule has 9 nitrogen and oxygen atoms in total. The SMILES string of the molecule is CC(=O)C(C(=O)O)C(C[N+](C)(C)C)OC(=O)[C@@H](N)CC(=O)O. The number of rotatable bonds is 9. The molecule has 0 radical (unpaired) electrons. The summed E-state index contributed by atoms with van der Waals surface area (Å²) in [6.45, 7) is 1.15. The molecule has 9 heteroatoms. The van der Waals surface area contributed by atoms with Crippen LogP contribution in [0.1, 0.15) is 13.3 Å². The molecule has 4 N–H and O–H groups in total. The fraction of sp³-hybridized carbons (Fsp3) is 0.692. The smallest absolute Gasteiger partial charge is 0.324 e. The second-order valence-corrected chi connectivity index (χ2v) is 6.08. The van der Waals surface area contributed by atoms with Crippen molar-refractivity contribution in [1.82, 2.24) is 0 Å². The molecule has 0 heterocycles. The Hall–Kier alpha value is -2.00. The van der Waals surface area contributed by atoms with E-state index in [0.29, 0.717) is 0 Å². The predicted octanol–water partition coefficient (Wildman–Crippen LogP) is -1.30. The van der Waals surface area contributed by atoms with Crippen LogP contribution in [-0.2, 0) is 23.9 Å². The summed E-state index contributed by atoms with van der Waals surface area (Å²) in [7, 11) is 5.20. The molecular weight excluding hydrogens is 296 g/mol. The molecule has 0 saturated carbocycles. The Morgan fingerprint density at radius 3 is 1.95 bits per heavy atom. The molecule has 0 fully saturated rings. The number of carboxylic acid groups (broad SMARTS) is 2. The van der Waals surface area contributed by atoms with Crippen molar-refractivity contribution in [3.8, 4) is 0 Å². The Balaban J connectivity index is 5.24. The van der Waals surface area contributed by atoms with Crippen LogP contribution >= 0.6 is 0 Å². The maximum Gasteiger partial charge on any atom is 0.324 e. The van der Waals surface area contributed by atoms with E-state index in [0.717, 1.165) is 6.92 Å². The number of carboxylic acids is 2. The fourth-order valence-electron chi connectivity index (χ4n) is 1.85. The van der Waals surface area contributed by atoms with Gasteiger partial charge in [-0.3, -0.25) is 19.2 Å². The summed E-state index contributed by atoms with van der Waals surface area (Å²) < 4.78 is 5.27. The summed E-state index contributed by atoms with van der Waals surface area (Å²) >= 11 is 0. The van der Waals surface area contributed by atoms with Crippen LogP contribution in [0.5, 0.6) is 0 Å². The number of nitrogens with two attached hydrogens (primary N) is 1. The molecule has 0 aromatic rings. The van der Waals surface area contributed by atoms with E-state index in [1.54, 1.807) is 21.1 Å². The number of esters is 1. The molecule has 0 rings (SSSR count). The largest absolute Gasteiger partial charge is 0.481 e. The van der Waals surface area contributed by atoms with E-state index in [1.807, 2.05) is 0 Å². The number of Topliss-reactive ketones (excluding diaryl/α,β-unsaturated/α-hetero) is 1. The van der Waals surface area contributed by atoms with Crippen LogP contribution in [0.15, 0.2) is 0 Å². The zero-order valence-corrected chi connectivity index (χ0v) is 13.1. The number of carbonyl (C=O) groups is 4. The highest BCUT2D eigenvalue weighted by molar-refractivity contribution is 5.98. The molecule has 0 aliphatic carbocycles. The Morgan fingerprint density at radius 2 is 1.64 bits per heavy atom. The van der Waals surface area contributed by atoms with Gasteiger partial charge in [0, 0.05) is 0 Å². The highest BCUT2D eigenvalue weighted by atomic mass is 16.5. The van der Waals surface area contributed by atoms with Gasteiger partial charge in [0.25, 0.3) is 0 Å². The van der Waals surface area contributed by atoms with E-state index in [1.165, 1.54) is 0 Å². The van der Waals surface area contributed by atoms with E-state index < -0.39 is 48.2 Å². The minimum atomic E-state index is -1.53. The van der Waals surface area contributed by atoms with Crippen LogP contribution < -0.4 is 5.73 Å². The van der Waals surface area contributed by atoms with Crippen molar-refractivity contribution < 1.29 is 38.6 Å². The third-order valence-electron chi connectivity index (χ3n) is 2.77. The second-order valence-electron chi connectivity index (χ2n) is 6.08. The molecule has 22 heavy (non-hydrogen) atoms. The van der Waals surface area contributed by atoms with E-state index in [9.17, 15) is 19.2 Å². The Labute approximate surface area is 128 Å². The molecule has 2 unspecified atom stereocenters. The summed E-state index contributed by atoms with van der Waals surface area (Å²) in [5.74, 6) is -5.93. The lowest BCUT2D eigenvalue weighted by Crippen LogP contribution is -2.51. The number of hydrogen-bond acceptors (Lipinski definition) is 6. The first-order chi connectivity index (χ1) is 9.85. The Kier molecular flexibility index (Phi) is 7.14. The summed E-state index contributed by atoms with van der Waals surface area (Å²) in [5, 5.41) is 17.8. The summed E-state index contributed by atoms with van der Waals surface area (Å²) in [6, 6.07) is -1.42. The van der Waals surface area contributed by atoms with Crippen LogP contribution in [0, 0.1) is 5.92 Å². The van der Waals surface area contributed by atoms with Crippen molar-refractivity contribution in [2.24, 2.45) is 11.7 Å². The normalized spacial score (nSPS) is 15.5. The van der Waals surface area contributed by atoms with Gasteiger partial charge in [0.15, 0.2) is 12.0 Å². The molecular formula is C13H23N2O7+. The lowest BCUT2D eigenvalue weighted by Gasteiger charge is -2.31. The van der Waals surface area contributed by atoms with Crippen molar-refractivity contribution >= 4 is 23.7 Å². The van der Waals surface area contributed by atoms with Gasteiger partial charge in [0.1, 0.15) is 18.4 Å². The molecule has 0 aromatic carbocycles. The van der Waals surface area contributed by atoms with E-state index in [4.69, 9.17) is 20.7 Å². The predicted molar refractivity (Wildman–Crippen MR) is 74.8 cm³/mol. The number of quaternary nitrogens is 1. The first-order valence-electron chi connectivity index (χ1n) is 6.56. The van der Waals surface area contributed by atoms with E-state index in [2.05, 4.69) is 0 Å². The molecule has 0 aliphatic heterocycles. The minimum Gasteiger partial charge on any atom is -0.481 e. The average molecular weight is 319 g/mol. The number of likely N-dealkylation sites (N-methyl/N-ethyl adjacent to an activating group) is 1. The number of nitrogens with zero attached hydrogens (tertiary/aromatic N) is 1. The number of carbonyl (C=O) groups excluding carboxylic acids is 2. The van der Waals surface area contributed by atoms with Crippen LogP contribution in [-0.4, -0.2) is 78.2 Å². The molecule has 3 atom stereocenters. The number of ketones is 1. The van der Waals surface area contributed by atoms with Gasteiger partial charge >= 0.3 is 17.9 Å². The summed E-state index contributed by atoms with van der Waals surface area (Å²) in [4.78, 5) is 45.1. The molecule has 0 spiro atoms. The standard InChI is InChI=1S/C13H22N2O7/c1-7(16)11(12(19)20)9(6-15(2,3)4)22-13(21)8(14)5-10(17)18/h8-9,11H,5-6,14H2,1-4H3,(H-,17,18,19,20)/p+1/t8-,9?,11?/m0/s1. The second kappa shape index (κ2) is 7.85. The third kappa shape index (κ3) is 7.14. The molecule has 0 aliphatic rings. The van der Waals surface area contributed by atoms with Gasteiger partial charge in [-0.05, 0) is 6.92 Å². The topological polar surface area (TPSA) is 144 Å². The van der Waals surface area contributed by atoms with Gasteiger partial charge in [0.05, 0.1) is 27.6 Å². The van der Waals surface area contributed by atoms with Crippen LogP contribution in [0.4, 0.5) is 0 Å². The minimum absolute atomic E-state index is 0.0576. The van der Waals surface area contributed by atoms with Gasteiger partial charge < -0.3 is 25.2 Å². The molecule has 0 saturated heterocycles.